The van der Waals surface area contributed by atoms with Crippen molar-refractivity contribution in [3.05, 3.63) is 17.3 Å². The molecule has 1 N–H and O–H groups in total. The van der Waals surface area contributed by atoms with E-state index >= 15 is 0 Å². The van der Waals surface area contributed by atoms with Gasteiger partial charge in [0.25, 0.3) is 0 Å². The first-order chi connectivity index (χ1) is 9.80. The number of hydrogen-bond donors (Lipinski definition) is 1. The number of thiophene rings is 1. The van der Waals surface area contributed by atoms with E-state index in [1.807, 2.05) is 0 Å². The van der Waals surface area contributed by atoms with Crippen LogP contribution in [0, 0.1) is 0 Å². The van der Waals surface area contributed by atoms with Crippen molar-refractivity contribution in [1.82, 2.24) is 14.9 Å². The summed E-state index contributed by atoms with van der Waals surface area (Å²) in [7, 11) is 1.78. The minimum absolute atomic E-state index is 0.355. The number of likely N-dealkylation sites (tertiary alicyclic amines) is 1. The van der Waals surface area contributed by atoms with Crippen molar-refractivity contribution < 1.29 is 4.74 Å². The largest absolute Gasteiger partial charge is 0.380 e. The lowest BCUT2D eigenvalue weighted by atomic mass is 10.3. The van der Waals surface area contributed by atoms with E-state index in [-0.39, 0.29) is 0 Å². The average Bonchev–Trinajstić information content (AvgIpc) is 3.07. The first-order valence-corrected chi connectivity index (χ1v) is 7.91. The Balaban J connectivity index is 1.81. The Morgan fingerprint density at radius 3 is 3.15 bits per heavy atom. The van der Waals surface area contributed by atoms with E-state index in [4.69, 9.17) is 4.74 Å². The van der Waals surface area contributed by atoms with E-state index in [0.717, 1.165) is 54.5 Å². The van der Waals surface area contributed by atoms with E-state index in [2.05, 4.69) is 38.6 Å². The monoisotopic (exact) mass is 292 g/mol. The minimum Gasteiger partial charge on any atom is -0.380 e. The molecule has 1 atom stereocenters. The number of hydrogen-bond acceptors (Lipinski definition) is 6. The first-order valence-electron chi connectivity index (χ1n) is 7.03. The highest BCUT2D eigenvalue weighted by Crippen LogP contribution is 2.25. The van der Waals surface area contributed by atoms with Crippen molar-refractivity contribution in [2.45, 2.75) is 26.0 Å². The van der Waals surface area contributed by atoms with Gasteiger partial charge in [-0.05, 0) is 24.8 Å². The molecule has 5 nitrogen and oxygen atoms in total. The predicted molar refractivity (Wildman–Crippen MR) is 82.3 cm³/mol. The van der Waals surface area contributed by atoms with Gasteiger partial charge in [-0.3, -0.25) is 4.90 Å². The highest BCUT2D eigenvalue weighted by Gasteiger charge is 2.23. The van der Waals surface area contributed by atoms with Crippen molar-refractivity contribution in [3.8, 4) is 0 Å². The van der Waals surface area contributed by atoms with Crippen molar-refractivity contribution in [2.24, 2.45) is 0 Å². The number of methoxy groups -OCH3 is 1. The quantitative estimate of drug-likeness (QED) is 0.916. The van der Waals surface area contributed by atoms with Crippen LogP contribution in [0.4, 0.5) is 5.82 Å². The molecule has 108 valence electrons. The zero-order chi connectivity index (χ0) is 13.9. The fraction of sp³-hybridized carbons (Fsp3) is 0.571. The van der Waals surface area contributed by atoms with Gasteiger partial charge in [0, 0.05) is 26.7 Å². The van der Waals surface area contributed by atoms with E-state index in [1.54, 1.807) is 18.4 Å². The van der Waals surface area contributed by atoms with Crippen LogP contribution in [0.3, 0.4) is 0 Å². The maximum absolute atomic E-state index is 5.41. The maximum atomic E-state index is 5.41. The van der Waals surface area contributed by atoms with Crippen LogP contribution < -0.4 is 5.32 Å². The Hall–Kier alpha value is -1.24. The molecule has 0 saturated carbocycles. The Kier molecular flexibility index (Phi) is 4.14. The highest BCUT2D eigenvalue weighted by molar-refractivity contribution is 7.16. The van der Waals surface area contributed by atoms with Gasteiger partial charge in [0.2, 0.25) is 0 Å². The zero-order valence-corrected chi connectivity index (χ0v) is 12.7. The van der Waals surface area contributed by atoms with Crippen LogP contribution in [-0.4, -0.2) is 47.7 Å². The summed E-state index contributed by atoms with van der Waals surface area (Å²) < 4.78 is 5.41. The lowest BCUT2D eigenvalue weighted by Gasteiger charge is -2.15. The maximum Gasteiger partial charge on any atom is 0.146 e. The summed E-state index contributed by atoms with van der Waals surface area (Å²) in [5.41, 5.74) is 0. The van der Waals surface area contributed by atoms with Crippen LogP contribution >= 0.6 is 11.3 Å². The molecular weight excluding hydrogens is 272 g/mol. The molecule has 1 saturated heterocycles. The summed E-state index contributed by atoms with van der Waals surface area (Å²) in [6, 6.07) is 2.08. The van der Waals surface area contributed by atoms with Crippen LogP contribution in [0.2, 0.25) is 0 Å². The molecule has 1 fully saturated rings. The summed E-state index contributed by atoms with van der Waals surface area (Å²) in [5.74, 6) is 1.85. The van der Waals surface area contributed by atoms with Gasteiger partial charge in [-0.1, -0.05) is 0 Å². The van der Waals surface area contributed by atoms with Crippen LogP contribution in [0.1, 0.15) is 19.2 Å². The van der Waals surface area contributed by atoms with E-state index in [0.29, 0.717) is 6.10 Å². The summed E-state index contributed by atoms with van der Waals surface area (Å²) in [6.07, 6.45) is 1.45. The fourth-order valence-corrected chi connectivity index (χ4v) is 3.39. The fourth-order valence-electron chi connectivity index (χ4n) is 2.61. The average molecular weight is 292 g/mol. The SMILES string of the molecule is CCNc1nc(CN2CCC(OC)C2)nc2sccc12. The molecule has 20 heavy (non-hydrogen) atoms. The third kappa shape index (κ3) is 2.77. The van der Waals surface area contributed by atoms with Gasteiger partial charge >= 0.3 is 0 Å². The Bertz CT molecular complexity index is 586. The smallest absolute Gasteiger partial charge is 0.146 e. The molecule has 0 aromatic carbocycles. The molecule has 0 spiro atoms. The van der Waals surface area contributed by atoms with Gasteiger partial charge in [-0.25, -0.2) is 9.97 Å². The molecular formula is C14H20N4OS. The van der Waals surface area contributed by atoms with Crippen LogP contribution in [0.25, 0.3) is 10.2 Å². The number of anilines is 1. The number of aromatic nitrogens is 2. The van der Waals surface area contributed by atoms with Gasteiger partial charge in [0.1, 0.15) is 16.5 Å². The van der Waals surface area contributed by atoms with Crippen molar-refractivity contribution in [3.63, 3.8) is 0 Å². The molecule has 1 aliphatic heterocycles. The van der Waals surface area contributed by atoms with E-state index < -0.39 is 0 Å². The van der Waals surface area contributed by atoms with Gasteiger partial charge in [0.15, 0.2) is 0 Å². The summed E-state index contributed by atoms with van der Waals surface area (Å²) >= 11 is 1.67. The minimum atomic E-state index is 0.355. The van der Waals surface area contributed by atoms with E-state index in [9.17, 15) is 0 Å². The first kappa shape index (κ1) is 13.7. The number of nitrogens with zero attached hydrogens (tertiary/aromatic N) is 3. The van der Waals surface area contributed by atoms with E-state index in [1.165, 1.54) is 0 Å². The predicted octanol–water partition coefficient (Wildman–Crippen LogP) is 2.34. The Morgan fingerprint density at radius 1 is 1.50 bits per heavy atom. The number of rotatable bonds is 5. The molecule has 3 heterocycles. The van der Waals surface area contributed by atoms with Crippen LogP contribution in [0.15, 0.2) is 11.4 Å². The molecule has 3 rings (SSSR count). The second kappa shape index (κ2) is 6.03. The molecule has 0 aliphatic carbocycles. The van der Waals surface area contributed by atoms with Crippen LogP contribution in [-0.2, 0) is 11.3 Å². The summed E-state index contributed by atoms with van der Waals surface area (Å²) in [5, 5.41) is 6.53. The zero-order valence-electron chi connectivity index (χ0n) is 11.9. The summed E-state index contributed by atoms with van der Waals surface area (Å²) in [4.78, 5) is 12.8. The normalized spacial score (nSPS) is 19.8. The molecule has 2 aromatic heterocycles. The van der Waals surface area contributed by atoms with Crippen molar-refractivity contribution in [1.29, 1.82) is 0 Å². The van der Waals surface area contributed by atoms with Gasteiger partial charge in [-0.15, -0.1) is 11.3 Å². The lowest BCUT2D eigenvalue weighted by molar-refractivity contribution is 0.107. The lowest BCUT2D eigenvalue weighted by Crippen LogP contribution is -2.23. The topological polar surface area (TPSA) is 50.3 Å². The standard InChI is InChI=1S/C14H20N4OS/c1-3-15-13-11-5-7-20-14(11)17-12(16-13)9-18-6-4-10(8-18)19-2/h5,7,10H,3-4,6,8-9H2,1-2H3,(H,15,16,17). The Labute approximate surface area is 123 Å². The highest BCUT2D eigenvalue weighted by atomic mass is 32.1. The number of ether oxygens (including phenoxy) is 1. The Morgan fingerprint density at radius 2 is 2.40 bits per heavy atom. The van der Waals surface area contributed by atoms with Gasteiger partial charge < -0.3 is 10.1 Å². The second-order valence-corrected chi connectivity index (χ2v) is 5.93. The molecule has 6 heteroatoms. The van der Waals surface area contributed by atoms with Gasteiger partial charge in [-0.2, -0.15) is 0 Å². The third-order valence-electron chi connectivity index (χ3n) is 3.64. The molecule has 2 aromatic rings. The molecule has 1 unspecified atom stereocenters. The number of fused-ring (bicyclic) bond motifs is 1. The second-order valence-electron chi connectivity index (χ2n) is 5.04. The van der Waals surface area contributed by atoms with Gasteiger partial charge in [0.05, 0.1) is 18.0 Å². The summed E-state index contributed by atoms with van der Waals surface area (Å²) in [6.45, 7) is 5.78. The number of nitrogens with one attached hydrogen (secondary N) is 1. The molecule has 0 bridgehead atoms. The third-order valence-corrected chi connectivity index (χ3v) is 4.45. The molecule has 0 amide bonds. The van der Waals surface area contributed by atoms with Crippen LogP contribution in [0.5, 0.6) is 0 Å². The van der Waals surface area contributed by atoms with Crippen molar-refractivity contribution >= 4 is 27.4 Å². The molecule has 1 aliphatic rings. The molecule has 0 radical (unpaired) electrons. The van der Waals surface area contributed by atoms with Crippen molar-refractivity contribution in [2.75, 3.05) is 32.1 Å².